The van der Waals surface area contributed by atoms with Gasteiger partial charge in [-0.3, -0.25) is 4.79 Å². The van der Waals surface area contributed by atoms with Crippen LogP contribution in [0.2, 0.25) is 0 Å². The molecule has 0 unspecified atom stereocenters. The van der Waals surface area contributed by atoms with Gasteiger partial charge in [-0.05, 0) is 83.1 Å². The lowest BCUT2D eigenvalue weighted by atomic mass is 10.0. The summed E-state index contributed by atoms with van der Waals surface area (Å²) in [5, 5.41) is 11.8. The summed E-state index contributed by atoms with van der Waals surface area (Å²) < 4.78 is 59.5. The zero-order valence-corrected chi connectivity index (χ0v) is 20.6. The molecule has 0 aromatic heterocycles. The number of nitrogens with zero attached hydrogens (tertiary/aromatic N) is 1. The van der Waals surface area contributed by atoms with Crippen LogP contribution in [0, 0.1) is 20.7 Å². The van der Waals surface area contributed by atoms with Crippen molar-refractivity contribution >= 4 is 40.3 Å². The minimum atomic E-state index is -4.56. The normalized spacial score (nSPS) is 11.6. The second kappa shape index (κ2) is 11.4. The molecule has 0 bridgehead atoms. The molecule has 0 aliphatic rings. The Hall–Kier alpha value is -3.39. The van der Waals surface area contributed by atoms with E-state index in [-0.39, 0.29) is 23.5 Å². The highest BCUT2D eigenvalue weighted by Crippen LogP contribution is 2.32. The Morgan fingerprint density at radius 3 is 2.54 bits per heavy atom. The van der Waals surface area contributed by atoms with Crippen LogP contribution in [0.3, 0.4) is 0 Å². The van der Waals surface area contributed by atoms with Gasteiger partial charge in [0, 0.05) is 21.2 Å². The number of ether oxygens (including phenoxy) is 1. The number of nitrogens with one attached hydrogen (secondary N) is 1. The molecule has 9 heteroatoms. The lowest BCUT2D eigenvalue weighted by molar-refractivity contribution is -0.137. The fraction of sp³-hybridized carbons (Fsp3) is 0.154. The minimum Gasteiger partial charge on any atom is -0.494 e. The third kappa shape index (κ3) is 6.82. The van der Waals surface area contributed by atoms with Crippen LogP contribution >= 0.6 is 22.6 Å². The van der Waals surface area contributed by atoms with Gasteiger partial charge >= 0.3 is 6.18 Å². The maximum atomic E-state index is 14.2. The fourth-order valence-corrected chi connectivity index (χ4v) is 4.11. The lowest BCUT2D eigenvalue weighted by Gasteiger charge is -2.14. The van der Waals surface area contributed by atoms with Crippen molar-refractivity contribution in [3.8, 4) is 11.8 Å². The molecule has 0 radical (unpaired) electrons. The second-order valence-electron chi connectivity index (χ2n) is 7.38. The Balaban J connectivity index is 1.91. The second-order valence-corrected chi connectivity index (χ2v) is 8.55. The molecule has 1 amide bonds. The number of hydrogen-bond donors (Lipinski definition) is 1. The molecule has 1 N–H and O–H groups in total. The molecule has 0 saturated carbocycles. The Morgan fingerprint density at radius 1 is 1.14 bits per heavy atom. The smallest absolute Gasteiger partial charge is 0.416 e. The maximum Gasteiger partial charge on any atom is 0.416 e. The molecule has 180 valence electrons. The van der Waals surface area contributed by atoms with E-state index < -0.39 is 17.6 Å². The van der Waals surface area contributed by atoms with E-state index in [4.69, 9.17) is 4.74 Å². The van der Waals surface area contributed by atoms with Gasteiger partial charge in [0.05, 0.1) is 12.2 Å². The molecule has 3 aromatic rings. The van der Waals surface area contributed by atoms with Crippen molar-refractivity contribution in [1.29, 1.82) is 5.26 Å². The average molecular weight is 594 g/mol. The number of hydrogen-bond acceptors (Lipinski definition) is 3. The first-order chi connectivity index (χ1) is 16.6. The SMILES string of the molecule is CCOc1cc(/C=C(\C#N)C(=O)Nc2cccc(C(F)(F)F)c2)cc(I)c1Cc1ccccc1F. The van der Waals surface area contributed by atoms with E-state index in [0.29, 0.717) is 23.5 Å². The van der Waals surface area contributed by atoms with Crippen molar-refractivity contribution < 1.29 is 27.1 Å². The zero-order valence-electron chi connectivity index (χ0n) is 18.4. The van der Waals surface area contributed by atoms with Gasteiger partial charge in [0.15, 0.2) is 0 Å². The molecule has 0 spiro atoms. The first-order valence-electron chi connectivity index (χ1n) is 10.4. The number of halogens is 5. The lowest BCUT2D eigenvalue weighted by Crippen LogP contribution is -2.14. The predicted molar refractivity (Wildman–Crippen MR) is 133 cm³/mol. The molecule has 0 aliphatic carbocycles. The molecular weight excluding hydrogens is 575 g/mol. The number of benzene rings is 3. The van der Waals surface area contributed by atoms with Crippen LogP contribution < -0.4 is 10.1 Å². The van der Waals surface area contributed by atoms with E-state index in [1.54, 1.807) is 43.3 Å². The first kappa shape index (κ1) is 26.2. The number of alkyl halides is 3. The molecule has 3 aromatic carbocycles. The molecule has 0 heterocycles. The van der Waals surface area contributed by atoms with Gasteiger partial charge in [-0.25, -0.2) is 4.39 Å². The molecule has 0 atom stereocenters. The first-order valence-corrected chi connectivity index (χ1v) is 11.5. The van der Waals surface area contributed by atoms with Crippen LogP contribution in [0.25, 0.3) is 6.08 Å². The molecule has 0 fully saturated rings. The highest BCUT2D eigenvalue weighted by molar-refractivity contribution is 14.1. The molecule has 0 aliphatic heterocycles. The van der Waals surface area contributed by atoms with Gasteiger partial charge in [0.25, 0.3) is 5.91 Å². The van der Waals surface area contributed by atoms with Crippen LogP contribution in [0.5, 0.6) is 5.75 Å². The average Bonchev–Trinajstić information content (AvgIpc) is 2.80. The Kier molecular flexibility index (Phi) is 8.51. The zero-order chi connectivity index (χ0) is 25.6. The molecule has 0 saturated heterocycles. The van der Waals surface area contributed by atoms with Crippen molar-refractivity contribution in [3.63, 3.8) is 0 Å². The third-order valence-electron chi connectivity index (χ3n) is 4.93. The van der Waals surface area contributed by atoms with E-state index in [9.17, 15) is 27.6 Å². The highest BCUT2D eigenvalue weighted by Gasteiger charge is 2.30. The van der Waals surface area contributed by atoms with E-state index in [1.807, 2.05) is 0 Å². The van der Waals surface area contributed by atoms with Crippen molar-refractivity contribution in [2.45, 2.75) is 19.5 Å². The summed E-state index contributed by atoms with van der Waals surface area (Å²) in [7, 11) is 0. The summed E-state index contributed by atoms with van der Waals surface area (Å²) >= 11 is 2.07. The van der Waals surface area contributed by atoms with Crippen molar-refractivity contribution in [2.75, 3.05) is 11.9 Å². The molecular formula is C26H19F4IN2O2. The summed E-state index contributed by atoms with van der Waals surface area (Å²) in [6.07, 6.45) is -2.96. The maximum absolute atomic E-state index is 14.2. The number of nitriles is 1. The van der Waals surface area contributed by atoms with Crippen molar-refractivity contribution in [3.05, 3.63) is 97.9 Å². The van der Waals surface area contributed by atoms with Crippen LogP contribution in [0.4, 0.5) is 23.2 Å². The summed E-state index contributed by atoms with van der Waals surface area (Å²) in [5.41, 5.74) is 0.415. The Bertz CT molecular complexity index is 1310. The van der Waals surface area contributed by atoms with E-state index in [0.717, 1.165) is 21.3 Å². The van der Waals surface area contributed by atoms with Crippen molar-refractivity contribution in [1.82, 2.24) is 0 Å². The topological polar surface area (TPSA) is 62.1 Å². The van der Waals surface area contributed by atoms with Gasteiger partial charge in [-0.2, -0.15) is 18.4 Å². The third-order valence-corrected chi connectivity index (χ3v) is 5.89. The summed E-state index contributed by atoms with van der Waals surface area (Å²) in [6.45, 7) is 2.14. The Labute approximate surface area is 213 Å². The van der Waals surface area contributed by atoms with Gasteiger partial charge in [-0.15, -0.1) is 0 Å². The van der Waals surface area contributed by atoms with Crippen LogP contribution in [-0.2, 0) is 17.4 Å². The molecule has 35 heavy (non-hydrogen) atoms. The fourth-order valence-electron chi connectivity index (χ4n) is 3.29. The quantitative estimate of drug-likeness (QED) is 0.139. The van der Waals surface area contributed by atoms with Crippen LogP contribution in [-0.4, -0.2) is 12.5 Å². The summed E-state index contributed by atoms with van der Waals surface area (Å²) in [4.78, 5) is 12.6. The number of carbonyl (C=O) groups is 1. The van der Waals surface area contributed by atoms with E-state index in [1.165, 1.54) is 24.3 Å². The van der Waals surface area contributed by atoms with E-state index in [2.05, 4.69) is 27.9 Å². The number of anilines is 1. The summed E-state index contributed by atoms with van der Waals surface area (Å²) in [6, 6.07) is 15.7. The number of rotatable bonds is 7. The largest absolute Gasteiger partial charge is 0.494 e. The predicted octanol–water partition coefficient (Wildman–Crippen LogP) is 6.98. The monoisotopic (exact) mass is 594 g/mol. The molecule has 4 nitrogen and oxygen atoms in total. The van der Waals surface area contributed by atoms with Gasteiger partial charge in [0.1, 0.15) is 23.2 Å². The van der Waals surface area contributed by atoms with E-state index >= 15 is 0 Å². The van der Waals surface area contributed by atoms with Gasteiger partial charge in [-0.1, -0.05) is 24.3 Å². The highest BCUT2D eigenvalue weighted by atomic mass is 127. The van der Waals surface area contributed by atoms with Gasteiger partial charge in [0.2, 0.25) is 0 Å². The standard InChI is InChI=1S/C26H19F4IN2O2/c1-2-35-24-12-16(11-23(31)21(24)13-17-6-3-4-9-22(17)27)10-18(15-32)25(34)33-20-8-5-7-19(14-20)26(28,29)30/h3-12,14H,2,13H2,1H3,(H,33,34)/b18-10+. The number of carbonyl (C=O) groups excluding carboxylic acids is 1. The van der Waals surface area contributed by atoms with Crippen molar-refractivity contribution in [2.24, 2.45) is 0 Å². The van der Waals surface area contributed by atoms with Gasteiger partial charge < -0.3 is 10.1 Å². The molecule has 3 rings (SSSR count). The van der Waals surface area contributed by atoms with Crippen LogP contribution in [0.1, 0.15) is 29.2 Å². The minimum absolute atomic E-state index is 0.0872. The summed E-state index contributed by atoms with van der Waals surface area (Å²) in [5.74, 6) is -0.715. The Morgan fingerprint density at radius 2 is 1.89 bits per heavy atom. The number of amides is 1. The van der Waals surface area contributed by atoms with Crippen LogP contribution in [0.15, 0.2) is 66.2 Å².